The Kier molecular flexibility index (Phi) is 4.90. The van der Waals surface area contributed by atoms with Crippen molar-refractivity contribution in [2.75, 3.05) is 25.0 Å². The molecule has 1 heterocycles. The summed E-state index contributed by atoms with van der Waals surface area (Å²) in [7, 11) is 1.85. The van der Waals surface area contributed by atoms with E-state index >= 15 is 0 Å². The maximum Gasteiger partial charge on any atom is 0.239 e. The van der Waals surface area contributed by atoms with Gasteiger partial charge in [-0.2, -0.15) is 0 Å². The maximum atomic E-state index is 11.5. The minimum atomic E-state index is -0.000832. The lowest BCUT2D eigenvalue weighted by molar-refractivity contribution is -0.119. The van der Waals surface area contributed by atoms with E-state index in [0.717, 1.165) is 16.9 Å². The summed E-state index contributed by atoms with van der Waals surface area (Å²) >= 11 is 0. The minimum Gasteiger partial charge on any atom is -0.355 e. The van der Waals surface area contributed by atoms with Crippen molar-refractivity contribution in [1.29, 1.82) is 0 Å². The van der Waals surface area contributed by atoms with Crippen LogP contribution in [0.1, 0.15) is 18.1 Å². The zero-order valence-electron chi connectivity index (χ0n) is 10.7. The Balaban J connectivity index is 2.75. The average Bonchev–Trinajstić information content (AvgIpc) is 2.28. The second-order valence-corrected chi connectivity index (χ2v) is 4.00. The van der Waals surface area contributed by atoms with Gasteiger partial charge in [0.15, 0.2) is 0 Å². The van der Waals surface area contributed by atoms with Crippen LogP contribution in [0.25, 0.3) is 0 Å². The topological polar surface area (TPSA) is 71.2 Å². The van der Waals surface area contributed by atoms with Crippen molar-refractivity contribution in [3.05, 3.63) is 23.4 Å². The van der Waals surface area contributed by atoms with Crippen LogP contribution < -0.4 is 16.0 Å². The van der Waals surface area contributed by atoms with Crippen molar-refractivity contribution in [2.45, 2.75) is 20.4 Å². The normalized spacial score (nSPS) is 10.1. The number of nitrogens with one attached hydrogen (secondary N) is 1. The van der Waals surface area contributed by atoms with E-state index in [1.807, 2.05) is 31.9 Å². The van der Waals surface area contributed by atoms with Gasteiger partial charge >= 0.3 is 0 Å². The molecule has 0 atom stereocenters. The van der Waals surface area contributed by atoms with Crippen LogP contribution in [0.2, 0.25) is 0 Å². The van der Waals surface area contributed by atoms with Crippen molar-refractivity contribution >= 4 is 11.7 Å². The zero-order chi connectivity index (χ0) is 12.8. The molecule has 0 radical (unpaired) electrons. The van der Waals surface area contributed by atoms with E-state index in [1.165, 1.54) is 0 Å². The Morgan fingerprint density at radius 2 is 2.29 bits per heavy atom. The number of nitrogens with zero attached hydrogens (tertiary/aromatic N) is 2. The molecule has 0 aliphatic heterocycles. The van der Waals surface area contributed by atoms with Crippen molar-refractivity contribution in [2.24, 2.45) is 5.73 Å². The first-order valence-corrected chi connectivity index (χ1v) is 5.72. The van der Waals surface area contributed by atoms with E-state index in [2.05, 4.69) is 10.3 Å². The SMILES string of the molecule is CCNC(=O)CN(C)c1ncc(CN)cc1C. The lowest BCUT2D eigenvalue weighted by Crippen LogP contribution is -2.35. The smallest absolute Gasteiger partial charge is 0.239 e. The number of nitrogens with two attached hydrogens (primary N) is 1. The van der Waals surface area contributed by atoms with Gasteiger partial charge in [-0.1, -0.05) is 0 Å². The maximum absolute atomic E-state index is 11.5. The van der Waals surface area contributed by atoms with E-state index in [9.17, 15) is 4.79 Å². The predicted octanol–water partition coefficient (Wildman–Crippen LogP) is 0.421. The summed E-state index contributed by atoms with van der Waals surface area (Å²) in [4.78, 5) is 17.6. The summed E-state index contributed by atoms with van der Waals surface area (Å²) in [5.41, 5.74) is 7.57. The van der Waals surface area contributed by atoms with Gasteiger partial charge in [0.05, 0.1) is 6.54 Å². The third-order valence-corrected chi connectivity index (χ3v) is 2.46. The first kappa shape index (κ1) is 13.4. The Labute approximate surface area is 102 Å². The van der Waals surface area contributed by atoms with Gasteiger partial charge in [-0.05, 0) is 31.0 Å². The summed E-state index contributed by atoms with van der Waals surface area (Å²) in [6.45, 7) is 5.30. The number of hydrogen-bond acceptors (Lipinski definition) is 4. The highest BCUT2D eigenvalue weighted by Gasteiger charge is 2.10. The molecule has 17 heavy (non-hydrogen) atoms. The fourth-order valence-electron chi connectivity index (χ4n) is 1.68. The summed E-state index contributed by atoms with van der Waals surface area (Å²) in [6.07, 6.45) is 1.75. The Morgan fingerprint density at radius 3 is 2.82 bits per heavy atom. The van der Waals surface area contributed by atoms with Gasteiger partial charge < -0.3 is 16.0 Å². The molecule has 0 aromatic carbocycles. The molecule has 1 aromatic heterocycles. The Bertz CT molecular complexity index is 392. The molecule has 0 spiro atoms. The number of aromatic nitrogens is 1. The summed E-state index contributed by atoms with van der Waals surface area (Å²) in [5, 5.41) is 2.76. The van der Waals surface area contributed by atoms with E-state index in [-0.39, 0.29) is 5.91 Å². The molecule has 1 amide bonds. The molecule has 0 unspecified atom stereocenters. The molecule has 0 aliphatic carbocycles. The lowest BCUT2D eigenvalue weighted by Gasteiger charge is -2.19. The predicted molar refractivity (Wildman–Crippen MR) is 68.8 cm³/mol. The number of aryl methyl sites for hydroxylation is 1. The molecule has 3 N–H and O–H groups in total. The van der Waals surface area contributed by atoms with Crippen LogP contribution in [-0.2, 0) is 11.3 Å². The molecule has 0 bridgehead atoms. The molecule has 1 aromatic rings. The number of amides is 1. The van der Waals surface area contributed by atoms with Gasteiger partial charge in [0, 0.05) is 26.3 Å². The lowest BCUT2D eigenvalue weighted by atomic mass is 10.2. The average molecular weight is 236 g/mol. The highest BCUT2D eigenvalue weighted by atomic mass is 16.2. The van der Waals surface area contributed by atoms with Gasteiger partial charge in [-0.3, -0.25) is 4.79 Å². The number of likely N-dealkylation sites (N-methyl/N-ethyl adjacent to an activating group) is 2. The van der Waals surface area contributed by atoms with Crippen LogP contribution in [0, 0.1) is 6.92 Å². The van der Waals surface area contributed by atoms with E-state index in [1.54, 1.807) is 6.20 Å². The standard InChI is InChI=1S/C12H20N4O/c1-4-14-11(17)8-16(3)12-9(2)5-10(6-13)7-15-12/h5,7H,4,6,8,13H2,1-3H3,(H,14,17). The monoisotopic (exact) mass is 236 g/mol. The fourth-order valence-corrected chi connectivity index (χ4v) is 1.68. The van der Waals surface area contributed by atoms with Crippen LogP contribution in [0.15, 0.2) is 12.3 Å². The Morgan fingerprint density at radius 1 is 1.59 bits per heavy atom. The molecule has 0 fully saturated rings. The van der Waals surface area contributed by atoms with Gasteiger partial charge in [0.25, 0.3) is 0 Å². The van der Waals surface area contributed by atoms with Crippen molar-refractivity contribution in [1.82, 2.24) is 10.3 Å². The van der Waals surface area contributed by atoms with Gasteiger partial charge in [-0.25, -0.2) is 4.98 Å². The second kappa shape index (κ2) is 6.20. The van der Waals surface area contributed by atoms with E-state index < -0.39 is 0 Å². The van der Waals surface area contributed by atoms with Crippen LogP contribution in [0.4, 0.5) is 5.82 Å². The Hall–Kier alpha value is -1.62. The summed E-state index contributed by atoms with van der Waals surface area (Å²) in [5.74, 6) is 0.813. The van der Waals surface area contributed by atoms with Crippen LogP contribution in [0.3, 0.4) is 0 Å². The second-order valence-electron chi connectivity index (χ2n) is 4.00. The first-order valence-electron chi connectivity index (χ1n) is 5.72. The number of pyridine rings is 1. The molecule has 1 rings (SSSR count). The number of carbonyl (C=O) groups excluding carboxylic acids is 1. The third kappa shape index (κ3) is 3.71. The number of anilines is 1. The van der Waals surface area contributed by atoms with Crippen LogP contribution >= 0.6 is 0 Å². The quantitative estimate of drug-likeness (QED) is 0.777. The van der Waals surface area contributed by atoms with Crippen molar-refractivity contribution < 1.29 is 4.79 Å². The zero-order valence-corrected chi connectivity index (χ0v) is 10.7. The highest BCUT2D eigenvalue weighted by Crippen LogP contribution is 2.16. The summed E-state index contributed by atoms with van der Waals surface area (Å²) in [6, 6.07) is 2.00. The molecule has 5 heteroatoms. The van der Waals surface area contributed by atoms with Gasteiger partial charge in [0.2, 0.25) is 5.91 Å². The molecule has 0 saturated carbocycles. The largest absolute Gasteiger partial charge is 0.355 e. The van der Waals surface area contributed by atoms with Crippen LogP contribution in [-0.4, -0.2) is 31.0 Å². The molecule has 5 nitrogen and oxygen atoms in total. The molecule has 0 aliphatic rings. The van der Waals surface area contributed by atoms with Crippen molar-refractivity contribution in [3.63, 3.8) is 0 Å². The molecule has 94 valence electrons. The van der Waals surface area contributed by atoms with E-state index in [0.29, 0.717) is 19.6 Å². The number of carbonyl (C=O) groups is 1. The number of hydrogen-bond donors (Lipinski definition) is 2. The summed E-state index contributed by atoms with van der Waals surface area (Å²) < 4.78 is 0. The van der Waals surface area contributed by atoms with Crippen LogP contribution in [0.5, 0.6) is 0 Å². The fraction of sp³-hybridized carbons (Fsp3) is 0.500. The first-order chi connectivity index (χ1) is 8.08. The van der Waals surface area contributed by atoms with Crippen molar-refractivity contribution in [3.8, 4) is 0 Å². The number of rotatable bonds is 5. The molecular formula is C12H20N4O. The molecule has 0 saturated heterocycles. The van der Waals surface area contributed by atoms with Gasteiger partial charge in [-0.15, -0.1) is 0 Å². The highest BCUT2D eigenvalue weighted by molar-refractivity contribution is 5.81. The van der Waals surface area contributed by atoms with E-state index in [4.69, 9.17) is 5.73 Å². The van der Waals surface area contributed by atoms with Gasteiger partial charge in [0.1, 0.15) is 5.82 Å². The minimum absolute atomic E-state index is 0.000832. The molecular weight excluding hydrogens is 216 g/mol. The third-order valence-electron chi connectivity index (χ3n) is 2.46.